The second-order valence-corrected chi connectivity index (χ2v) is 8.79. The topological polar surface area (TPSA) is 58.5 Å². The fourth-order valence-electron chi connectivity index (χ4n) is 3.94. The quantitative estimate of drug-likeness (QED) is 0.571. The molecule has 0 radical (unpaired) electrons. The number of nitrogens with one attached hydrogen (secondary N) is 2. The van der Waals surface area contributed by atoms with Crippen molar-refractivity contribution in [1.82, 2.24) is 15.6 Å². The minimum atomic E-state index is 0.0801. The number of hydrogen-bond donors (Lipinski definition) is 2. The Kier molecular flexibility index (Phi) is 7.08. The maximum absolute atomic E-state index is 5.68. The smallest absolute Gasteiger partial charge is 0.191 e. The van der Waals surface area contributed by atoms with Crippen LogP contribution in [0.25, 0.3) is 0 Å². The van der Waals surface area contributed by atoms with Crippen molar-refractivity contribution in [2.45, 2.75) is 52.5 Å². The van der Waals surface area contributed by atoms with Crippen LogP contribution in [-0.2, 0) is 16.7 Å². The van der Waals surface area contributed by atoms with E-state index >= 15 is 0 Å². The normalized spacial score (nSPS) is 16.8. The Balaban J connectivity index is 1.77. The first-order chi connectivity index (χ1) is 13.5. The molecular weight excluding hydrogens is 368 g/mol. The van der Waals surface area contributed by atoms with E-state index in [1.165, 1.54) is 16.0 Å². The minimum Gasteiger partial charge on any atom is -0.381 e. The third-order valence-corrected chi connectivity index (χ3v) is 6.54. The molecule has 0 unspecified atom stereocenters. The van der Waals surface area contributed by atoms with Gasteiger partial charge in [-0.25, -0.2) is 9.98 Å². The van der Waals surface area contributed by atoms with Crippen LogP contribution in [0.3, 0.4) is 0 Å². The van der Waals surface area contributed by atoms with Crippen LogP contribution in [0.5, 0.6) is 0 Å². The first-order valence-corrected chi connectivity index (χ1v) is 10.9. The number of hydrogen-bond acceptors (Lipinski definition) is 4. The van der Waals surface area contributed by atoms with Crippen molar-refractivity contribution < 1.29 is 4.74 Å². The molecule has 28 heavy (non-hydrogen) atoms. The molecule has 0 atom stereocenters. The number of benzene rings is 1. The summed E-state index contributed by atoms with van der Waals surface area (Å²) in [5.41, 5.74) is 3.94. The van der Waals surface area contributed by atoms with Crippen LogP contribution >= 0.6 is 11.3 Å². The molecule has 0 saturated carbocycles. The van der Waals surface area contributed by atoms with Crippen molar-refractivity contribution in [2.24, 2.45) is 4.99 Å². The summed E-state index contributed by atoms with van der Waals surface area (Å²) in [7, 11) is 0. The van der Waals surface area contributed by atoms with Gasteiger partial charge < -0.3 is 15.4 Å². The zero-order valence-electron chi connectivity index (χ0n) is 17.5. The van der Waals surface area contributed by atoms with Crippen LogP contribution in [0.4, 0.5) is 0 Å². The summed E-state index contributed by atoms with van der Waals surface area (Å²) in [6.07, 6.45) is 2.05. The summed E-state index contributed by atoms with van der Waals surface area (Å²) in [6, 6.07) is 8.74. The standard InChI is InChI=1S/C22H32N4OS/c1-5-23-21(24-14-20-17(3)26-18(4)28-20)25-15-22(10-12-27-13-11-22)19-9-7-6-8-16(19)2/h6-9H,5,10-15H2,1-4H3,(H2,23,24,25). The maximum atomic E-state index is 5.68. The second kappa shape index (κ2) is 9.52. The maximum Gasteiger partial charge on any atom is 0.191 e. The average molecular weight is 401 g/mol. The zero-order valence-corrected chi connectivity index (χ0v) is 18.3. The third-order valence-electron chi connectivity index (χ3n) is 5.49. The highest BCUT2D eigenvalue weighted by Crippen LogP contribution is 2.36. The Morgan fingerprint density at radius 2 is 1.93 bits per heavy atom. The lowest BCUT2D eigenvalue weighted by atomic mass is 9.72. The molecule has 5 nitrogen and oxygen atoms in total. The van der Waals surface area contributed by atoms with E-state index in [2.05, 4.69) is 60.7 Å². The number of guanidine groups is 1. The number of aliphatic imine (C=N–C) groups is 1. The Hall–Kier alpha value is -1.92. The van der Waals surface area contributed by atoms with Crippen LogP contribution < -0.4 is 10.6 Å². The molecule has 3 rings (SSSR count). The van der Waals surface area contributed by atoms with Gasteiger partial charge in [-0.1, -0.05) is 24.3 Å². The molecule has 1 aromatic heterocycles. The lowest BCUT2D eigenvalue weighted by Gasteiger charge is -2.39. The van der Waals surface area contributed by atoms with E-state index in [1.807, 2.05) is 6.92 Å². The van der Waals surface area contributed by atoms with Crippen molar-refractivity contribution in [3.8, 4) is 0 Å². The highest BCUT2D eigenvalue weighted by Gasteiger charge is 2.35. The van der Waals surface area contributed by atoms with Crippen LogP contribution in [0, 0.1) is 20.8 Å². The lowest BCUT2D eigenvalue weighted by molar-refractivity contribution is 0.0512. The first kappa shape index (κ1) is 20.8. The van der Waals surface area contributed by atoms with Crippen LogP contribution in [0.1, 0.15) is 46.5 Å². The molecule has 2 aromatic rings. The van der Waals surface area contributed by atoms with E-state index < -0.39 is 0 Å². The molecule has 2 N–H and O–H groups in total. The van der Waals surface area contributed by atoms with Crippen LogP contribution in [0.2, 0.25) is 0 Å². The fourth-order valence-corrected chi connectivity index (χ4v) is 4.80. The SMILES string of the molecule is CCNC(=NCc1sc(C)nc1C)NCC1(c2ccccc2C)CCOCC1. The van der Waals surface area contributed by atoms with Gasteiger partial charge in [0.1, 0.15) is 0 Å². The van der Waals surface area contributed by atoms with Gasteiger partial charge in [0.25, 0.3) is 0 Å². The van der Waals surface area contributed by atoms with E-state index in [4.69, 9.17) is 9.73 Å². The number of ether oxygens (including phenoxy) is 1. The van der Waals surface area contributed by atoms with Crippen LogP contribution in [0.15, 0.2) is 29.3 Å². The molecule has 0 bridgehead atoms. The van der Waals surface area contributed by atoms with Crippen LogP contribution in [-0.4, -0.2) is 37.2 Å². The number of thiazole rings is 1. The number of rotatable bonds is 6. The van der Waals surface area contributed by atoms with Crippen molar-refractivity contribution in [3.63, 3.8) is 0 Å². The Morgan fingerprint density at radius 3 is 2.57 bits per heavy atom. The highest BCUT2D eigenvalue weighted by molar-refractivity contribution is 7.11. The molecule has 0 spiro atoms. The predicted octanol–water partition coefficient (Wildman–Crippen LogP) is 3.87. The molecule has 1 aliphatic heterocycles. The predicted molar refractivity (Wildman–Crippen MR) is 117 cm³/mol. The van der Waals surface area contributed by atoms with Gasteiger partial charge in [0.05, 0.1) is 17.2 Å². The van der Waals surface area contributed by atoms with Gasteiger partial charge in [0.2, 0.25) is 0 Å². The summed E-state index contributed by atoms with van der Waals surface area (Å²) >= 11 is 1.73. The first-order valence-electron chi connectivity index (χ1n) is 10.1. The van der Waals surface area contributed by atoms with Crippen molar-refractivity contribution in [1.29, 1.82) is 0 Å². The van der Waals surface area contributed by atoms with Crippen molar-refractivity contribution in [3.05, 3.63) is 51.0 Å². The Bertz CT molecular complexity index is 809. The number of aromatic nitrogens is 1. The molecule has 2 heterocycles. The monoisotopic (exact) mass is 400 g/mol. The summed E-state index contributed by atoms with van der Waals surface area (Å²) in [5, 5.41) is 8.11. The van der Waals surface area contributed by atoms with Gasteiger partial charge in [0, 0.05) is 36.6 Å². The number of nitrogens with zero attached hydrogens (tertiary/aromatic N) is 2. The molecular formula is C22H32N4OS. The third kappa shape index (κ3) is 4.92. The van der Waals surface area contributed by atoms with E-state index in [0.717, 1.165) is 55.8 Å². The van der Waals surface area contributed by atoms with Crippen molar-refractivity contribution in [2.75, 3.05) is 26.3 Å². The van der Waals surface area contributed by atoms with Gasteiger partial charge in [0.15, 0.2) is 5.96 Å². The second-order valence-electron chi connectivity index (χ2n) is 7.50. The van der Waals surface area contributed by atoms with E-state index in [9.17, 15) is 0 Å². The largest absolute Gasteiger partial charge is 0.381 e. The molecule has 6 heteroatoms. The van der Waals surface area contributed by atoms with E-state index in [0.29, 0.717) is 6.54 Å². The molecule has 152 valence electrons. The molecule has 0 amide bonds. The highest BCUT2D eigenvalue weighted by atomic mass is 32.1. The van der Waals surface area contributed by atoms with Gasteiger partial charge in [-0.2, -0.15) is 0 Å². The Labute approximate surface area is 172 Å². The molecule has 0 aliphatic carbocycles. The molecule has 1 saturated heterocycles. The number of aryl methyl sites for hydroxylation is 3. The average Bonchev–Trinajstić information content (AvgIpc) is 3.02. The summed E-state index contributed by atoms with van der Waals surface area (Å²) < 4.78 is 5.68. The van der Waals surface area contributed by atoms with E-state index in [1.54, 1.807) is 11.3 Å². The molecule has 1 aliphatic rings. The summed E-state index contributed by atoms with van der Waals surface area (Å²) in [4.78, 5) is 10.6. The summed E-state index contributed by atoms with van der Waals surface area (Å²) in [5.74, 6) is 0.868. The van der Waals surface area contributed by atoms with Gasteiger partial charge in [-0.3, -0.25) is 0 Å². The minimum absolute atomic E-state index is 0.0801. The molecule has 1 aromatic carbocycles. The van der Waals surface area contributed by atoms with Crippen molar-refractivity contribution >= 4 is 17.3 Å². The van der Waals surface area contributed by atoms with Gasteiger partial charge >= 0.3 is 0 Å². The fraction of sp³-hybridized carbons (Fsp3) is 0.545. The lowest BCUT2D eigenvalue weighted by Crippen LogP contribution is -2.48. The zero-order chi connectivity index (χ0) is 20.0. The summed E-state index contributed by atoms with van der Waals surface area (Å²) in [6.45, 7) is 12.4. The van der Waals surface area contributed by atoms with E-state index in [-0.39, 0.29) is 5.41 Å². The molecule has 1 fully saturated rings. The van der Waals surface area contributed by atoms with Gasteiger partial charge in [-0.05, 0) is 51.7 Å². The van der Waals surface area contributed by atoms with Gasteiger partial charge in [-0.15, -0.1) is 11.3 Å². The Morgan fingerprint density at radius 1 is 1.18 bits per heavy atom.